The highest BCUT2D eigenvalue weighted by atomic mass is 16.5. The van der Waals surface area contributed by atoms with Gasteiger partial charge < -0.3 is 14.4 Å². The molecule has 5 nitrogen and oxygen atoms in total. The number of allylic oxidation sites excluding steroid dienone is 3. The van der Waals surface area contributed by atoms with Crippen LogP contribution in [0.2, 0.25) is 0 Å². The summed E-state index contributed by atoms with van der Waals surface area (Å²) in [7, 11) is 2.99. The number of hydrogen-bond acceptors (Lipinski definition) is 5. The summed E-state index contributed by atoms with van der Waals surface area (Å²) in [6, 6.07) is 7.81. The number of ketones is 1. The maximum Gasteiger partial charge on any atom is 0.306 e. The third kappa shape index (κ3) is 4.04. The third-order valence-corrected chi connectivity index (χ3v) is 4.20. The Morgan fingerprint density at radius 3 is 2.38 bits per heavy atom. The Bertz CT molecular complexity index is 673. The molecule has 1 aromatic carbocycles. The molecule has 0 fully saturated rings. The van der Waals surface area contributed by atoms with E-state index < -0.39 is 0 Å². The lowest BCUT2D eigenvalue weighted by Gasteiger charge is -2.30. The van der Waals surface area contributed by atoms with Crippen LogP contribution in [0.25, 0.3) is 0 Å². The first-order chi connectivity index (χ1) is 11.5. The predicted octanol–water partition coefficient (Wildman–Crippen LogP) is 3.07. The lowest BCUT2D eigenvalue weighted by Crippen LogP contribution is -2.27. The highest BCUT2D eigenvalue weighted by Gasteiger charge is 2.26. The van der Waals surface area contributed by atoms with Crippen molar-refractivity contribution in [1.29, 1.82) is 0 Å². The summed E-state index contributed by atoms with van der Waals surface area (Å²) in [6.45, 7) is 4.09. The molecule has 5 heteroatoms. The Labute approximate surface area is 142 Å². The molecule has 2 rings (SSSR count). The fourth-order valence-electron chi connectivity index (χ4n) is 2.89. The van der Waals surface area contributed by atoms with E-state index in [0.29, 0.717) is 12.1 Å². The lowest BCUT2D eigenvalue weighted by molar-refractivity contribution is -0.141. The average molecular weight is 329 g/mol. The average Bonchev–Trinajstić information content (AvgIpc) is 2.57. The van der Waals surface area contributed by atoms with Crippen LogP contribution < -0.4 is 4.74 Å². The van der Waals surface area contributed by atoms with Crippen LogP contribution in [0.4, 0.5) is 0 Å². The molecule has 0 N–H and O–H groups in total. The summed E-state index contributed by atoms with van der Waals surface area (Å²) in [4.78, 5) is 25.7. The summed E-state index contributed by atoms with van der Waals surface area (Å²) < 4.78 is 9.89. The Balaban J connectivity index is 2.21. The predicted molar refractivity (Wildman–Crippen MR) is 91.2 cm³/mol. The second-order valence-corrected chi connectivity index (χ2v) is 5.76. The smallest absolute Gasteiger partial charge is 0.306 e. The maximum absolute atomic E-state index is 12.1. The van der Waals surface area contributed by atoms with Crippen molar-refractivity contribution in [2.24, 2.45) is 5.92 Å². The molecule has 0 aliphatic carbocycles. The molecule has 0 saturated heterocycles. The first-order valence-corrected chi connectivity index (χ1v) is 7.82. The molecule has 128 valence electrons. The molecule has 24 heavy (non-hydrogen) atoms. The van der Waals surface area contributed by atoms with Gasteiger partial charge in [-0.2, -0.15) is 0 Å². The van der Waals surface area contributed by atoms with E-state index in [1.165, 1.54) is 14.0 Å². The van der Waals surface area contributed by atoms with Gasteiger partial charge in [-0.3, -0.25) is 9.59 Å². The van der Waals surface area contributed by atoms with E-state index in [4.69, 9.17) is 9.47 Å². The van der Waals surface area contributed by atoms with Crippen LogP contribution in [0, 0.1) is 5.92 Å². The van der Waals surface area contributed by atoms with Gasteiger partial charge in [0.1, 0.15) is 5.75 Å². The molecular formula is C19H23NO4. The molecule has 0 spiro atoms. The second-order valence-electron chi connectivity index (χ2n) is 5.76. The number of methoxy groups -OCH3 is 2. The second kappa shape index (κ2) is 7.81. The van der Waals surface area contributed by atoms with Crippen molar-refractivity contribution in [2.75, 3.05) is 14.2 Å². The van der Waals surface area contributed by atoms with Gasteiger partial charge in [-0.05, 0) is 31.5 Å². The zero-order valence-electron chi connectivity index (χ0n) is 14.5. The van der Waals surface area contributed by atoms with Gasteiger partial charge in [-0.15, -0.1) is 0 Å². The van der Waals surface area contributed by atoms with Gasteiger partial charge in [0.15, 0.2) is 5.78 Å². The Hall–Kier alpha value is -2.56. The molecule has 1 aromatic rings. The fourth-order valence-corrected chi connectivity index (χ4v) is 2.89. The van der Waals surface area contributed by atoms with Crippen LogP contribution in [0.3, 0.4) is 0 Å². The summed E-state index contributed by atoms with van der Waals surface area (Å²) >= 11 is 0. The summed E-state index contributed by atoms with van der Waals surface area (Å²) in [6.07, 6.45) is 4.00. The van der Waals surface area contributed by atoms with Crippen LogP contribution in [-0.2, 0) is 20.9 Å². The minimum absolute atomic E-state index is 0.0227. The molecule has 0 aromatic heterocycles. The number of esters is 1. The Kier molecular flexibility index (Phi) is 5.79. The van der Waals surface area contributed by atoms with E-state index in [-0.39, 0.29) is 24.1 Å². The van der Waals surface area contributed by atoms with Crippen molar-refractivity contribution in [3.8, 4) is 5.75 Å². The normalized spacial score (nSPS) is 17.0. The zero-order valence-corrected chi connectivity index (χ0v) is 14.5. The molecule has 1 atom stereocenters. The minimum Gasteiger partial charge on any atom is -0.497 e. The molecule has 0 radical (unpaired) electrons. The first kappa shape index (κ1) is 17.8. The monoisotopic (exact) mass is 329 g/mol. The van der Waals surface area contributed by atoms with Crippen molar-refractivity contribution in [3.63, 3.8) is 0 Å². The van der Waals surface area contributed by atoms with Crippen LogP contribution in [0.15, 0.2) is 47.8 Å². The molecular weight excluding hydrogens is 306 g/mol. The number of carbonyl (C=O) groups is 2. The van der Waals surface area contributed by atoms with Crippen LogP contribution in [-0.4, -0.2) is 30.9 Å². The van der Waals surface area contributed by atoms with Crippen LogP contribution in [0.5, 0.6) is 5.75 Å². The van der Waals surface area contributed by atoms with Gasteiger partial charge in [-0.1, -0.05) is 18.2 Å². The summed E-state index contributed by atoms with van der Waals surface area (Å²) in [5.74, 6) is 0.232. The van der Waals surface area contributed by atoms with E-state index in [1.807, 2.05) is 48.4 Å². The first-order valence-electron chi connectivity index (χ1n) is 7.82. The molecule has 1 aliphatic rings. The van der Waals surface area contributed by atoms with Gasteiger partial charge in [0.05, 0.1) is 20.6 Å². The van der Waals surface area contributed by atoms with Crippen molar-refractivity contribution in [2.45, 2.75) is 26.8 Å². The van der Waals surface area contributed by atoms with Gasteiger partial charge >= 0.3 is 5.97 Å². The number of ether oxygens (including phenoxy) is 2. The van der Waals surface area contributed by atoms with E-state index in [2.05, 4.69) is 0 Å². The topological polar surface area (TPSA) is 55.8 Å². The van der Waals surface area contributed by atoms with Crippen molar-refractivity contribution >= 4 is 11.8 Å². The number of nitrogens with zero attached hydrogens (tertiary/aromatic N) is 1. The van der Waals surface area contributed by atoms with Crippen molar-refractivity contribution in [1.82, 2.24) is 4.90 Å². The summed E-state index contributed by atoms with van der Waals surface area (Å²) in [5.41, 5.74) is 2.64. The highest BCUT2D eigenvalue weighted by molar-refractivity contribution is 5.95. The Morgan fingerprint density at radius 2 is 1.83 bits per heavy atom. The standard InChI is InChI=1S/C19H23NO4/c1-13-19(14(2)21)16(11-18(22)24-4)9-10-20(13)12-15-5-7-17(23-3)8-6-15/h5-10,16H,11-12H2,1-4H3. The molecule has 1 unspecified atom stereocenters. The van der Waals surface area contributed by atoms with Gasteiger partial charge in [0, 0.05) is 29.9 Å². The maximum atomic E-state index is 12.1. The molecule has 0 amide bonds. The highest BCUT2D eigenvalue weighted by Crippen LogP contribution is 2.30. The van der Waals surface area contributed by atoms with E-state index >= 15 is 0 Å². The quantitative estimate of drug-likeness (QED) is 0.751. The number of carbonyl (C=O) groups excluding carboxylic acids is 2. The minimum atomic E-state index is -0.320. The zero-order chi connectivity index (χ0) is 17.7. The summed E-state index contributed by atoms with van der Waals surface area (Å²) in [5, 5.41) is 0. The Morgan fingerprint density at radius 1 is 1.17 bits per heavy atom. The van der Waals surface area contributed by atoms with Crippen LogP contribution >= 0.6 is 0 Å². The molecule has 1 aliphatic heterocycles. The van der Waals surface area contributed by atoms with Crippen molar-refractivity contribution in [3.05, 3.63) is 53.4 Å². The number of rotatable bonds is 6. The fraction of sp³-hybridized carbons (Fsp3) is 0.368. The van der Waals surface area contributed by atoms with Gasteiger partial charge in [0.2, 0.25) is 0 Å². The lowest BCUT2D eigenvalue weighted by atomic mass is 9.88. The van der Waals surface area contributed by atoms with E-state index in [1.54, 1.807) is 7.11 Å². The molecule has 0 saturated carbocycles. The number of benzene rings is 1. The van der Waals surface area contributed by atoms with E-state index in [0.717, 1.165) is 17.0 Å². The van der Waals surface area contributed by atoms with Gasteiger partial charge in [-0.25, -0.2) is 0 Å². The third-order valence-electron chi connectivity index (χ3n) is 4.20. The molecule has 0 bridgehead atoms. The number of hydrogen-bond donors (Lipinski definition) is 0. The van der Waals surface area contributed by atoms with Gasteiger partial charge in [0.25, 0.3) is 0 Å². The van der Waals surface area contributed by atoms with Crippen molar-refractivity contribution < 1.29 is 19.1 Å². The number of Topliss-reactive ketones (excluding diaryl/α,β-unsaturated/α-hetero) is 1. The van der Waals surface area contributed by atoms with Crippen LogP contribution in [0.1, 0.15) is 25.8 Å². The SMILES string of the molecule is COC(=O)CC1C=CN(Cc2ccc(OC)cc2)C(C)=C1C(C)=O. The largest absolute Gasteiger partial charge is 0.497 e. The van der Waals surface area contributed by atoms with E-state index in [9.17, 15) is 9.59 Å². The molecule has 1 heterocycles.